The number of benzene rings is 6. The van der Waals surface area contributed by atoms with E-state index in [1.54, 1.807) is 5.57 Å². The van der Waals surface area contributed by atoms with Gasteiger partial charge in [0, 0.05) is 33.5 Å². The van der Waals surface area contributed by atoms with E-state index in [0.29, 0.717) is 11.8 Å². The Hall–Kier alpha value is -6.26. The highest BCUT2D eigenvalue weighted by Gasteiger charge is 2.22. The molecule has 4 heteroatoms. The first kappa shape index (κ1) is 30.8. The summed E-state index contributed by atoms with van der Waals surface area (Å²) in [6.45, 7) is 2.28. The number of allylic oxidation sites excluding steroid dienone is 1. The second-order valence-corrected chi connectivity index (χ2v) is 13.3. The molecule has 1 aliphatic carbocycles. The summed E-state index contributed by atoms with van der Waals surface area (Å²) in [5, 5.41) is 9.93. The van der Waals surface area contributed by atoms with Gasteiger partial charge in [0.15, 0.2) is 0 Å². The van der Waals surface area contributed by atoms with Crippen LogP contribution in [0, 0.1) is 0 Å². The third kappa shape index (κ3) is 5.69. The van der Waals surface area contributed by atoms with Gasteiger partial charge in [0.05, 0.1) is 5.52 Å². The quantitative estimate of drug-likeness (QED) is 0.163. The Morgan fingerprint density at radius 1 is 0.549 bits per heavy atom. The van der Waals surface area contributed by atoms with Crippen LogP contribution in [0.2, 0.25) is 0 Å². The van der Waals surface area contributed by atoms with Crippen LogP contribution in [-0.4, -0.2) is 14.8 Å². The predicted octanol–water partition coefficient (Wildman–Crippen LogP) is 12.5. The largest absolute Gasteiger partial charge is 0.416 e. The van der Waals surface area contributed by atoms with Crippen molar-refractivity contribution in [3.05, 3.63) is 168 Å². The fraction of sp³-hybridized carbons (Fsp3) is 0.106. The highest BCUT2D eigenvalue weighted by Crippen LogP contribution is 2.42. The summed E-state index contributed by atoms with van der Waals surface area (Å²) in [6.07, 6.45) is 6.99. The predicted molar refractivity (Wildman–Crippen MR) is 210 cm³/mol. The van der Waals surface area contributed by atoms with E-state index in [1.165, 1.54) is 62.1 Å². The van der Waals surface area contributed by atoms with Crippen LogP contribution in [0.5, 0.6) is 0 Å². The van der Waals surface area contributed by atoms with Gasteiger partial charge in [-0.15, -0.1) is 10.2 Å². The lowest BCUT2D eigenvalue weighted by Crippen LogP contribution is -2.05. The molecule has 1 aliphatic rings. The van der Waals surface area contributed by atoms with Crippen molar-refractivity contribution in [3.8, 4) is 62.0 Å². The topological polar surface area (TPSA) is 43.9 Å². The van der Waals surface area contributed by atoms with Gasteiger partial charge in [-0.25, -0.2) is 0 Å². The fourth-order valence-corrected chi connectivity index (χ4v) is 7.66. The molecule has 0 saturated heterocycles. The molecular weight excluding hydrogens is 623 g/mol. The Kier molecular flexibility index (Phi) is 7.98. The van der Waals surface area contributed by atoms with Gasteiger partial charge in [-0.05, 0) is 101 Å². The highest BCUT2D eigenvalue weighted by atomic mass is 16.4. The minimum Gasteiger partial charge on any atom is -0.416 e. The molecule has 246 valence electrons. The zero-order valence-corrected chi connectivity index (χ0v) is 28.6. The van der Waals surface area contributed by atoms with Crippen molar-refractivity contribution >= 4 is 17.0 Å². The molecule has 0 radical (unpaired) electrons. The Bertz CT molecular complexity index is 2520. The summed E-state index contributed by atoms with van der Waals surface area (Å²) in [5.41, 5.74) is 15.8. The van der Waals surface area contributed by atoms with Gasteiger partial charge in [-0.2, -0.15) is 0 Å². The van der Waals surface area contributed by atoms with E-state index >= 15 is 0 Å². The van der Waals surface area contributed by atoms with Crippen LogP contribution < -0.4 is 0 Å². The maximum Gasteiger partial charge on any atom is 0.248 e. The molecular formula is C47H37N3O. The molecule has 0 bridgehead atoms. The summed E-state index contributed by atoms with van der Waals surface area (Å²) in [5.74, 6) is 1.03. The maximum atomic E-state index is 6.04. The van der Waals surface area contributed by atoms with E-state index in [4.69, 9.17) is 4.42 Å². The SMILES string of the molecule is CCCC1=Cc2c(n(-c3ccccc3)c3ccc(-c4ccccc4-c4ccccc4-c4ccc(-c5nnc(-c6ccccc6)o5)cc4)cc23)CC1. The molecule has 4 nitrogen and oxygen atoms in total. The first-order valence-corrected chi connectivity index (χ1v) is 17.9. The van der Waals surface area contributed by atoms with Crippen LogP contribution in [0.1, 0.15) is 37.4 Å². The highest BCUT2D eigenvalue weighted by molar-refractivity contribution is 5.99. The average Bonchev–Trinajstić information content (AvgIpc) is 3.82. The van der Waals surface area contributed by atoms with E-state index in [1.807, 2.05) is 30.3 Å². The minimum atomic E-state index is 0.509. The summed E-state index contributed by atoms with van der Waals surface area (Å²) >= 11 is 0. The van der Waals surface area contributed by atoms with Crippen LogP contribution in [-0.2, 0) is 6.42 Å². The zero-order chi connectivity index (χ0) is 34.1. The van der Waals surface area contributed by atoms with Crippen LogP contribution in [0.25, 0.3) is 79.0 Å². The Morgan fingerprint density at radius 3 is 1.76 bits per heavy atom. The van der Waals surface area contributed by atoms with Crippen LogP contribution in [0.15, 0.2) is 162 Å². The Morgan fingerprint density at radius 2 is 1.10 bits per heavy atom. The van der Waals surface area contributed by atoms with E-state index in [9.17, 15) is 0 Å². The van der Waals surface area contributed by atoms with Crippen LogP contribution in [0.3, 0.4) is 0 Å². The van der Waals surface area contributed by atoms with Gasteiger partial charge in [-0.1, -0.05) is 128 Å². The third-order valence-electron chi connectivity index (χ3n) is 10.1. The van der Waals surface area contributed by atoms with Crippen molar-refractivity contribution in [2.45, 2.75) is 32.6 Å². The molecule has 0 saturated carbocycles. The van der Waals surface area contributed by atoms with Crippen LogP contribution >= 0.6 is 0 Å². The normalized spacial score (nSPS) is 12.5. The van der Waals surface area contributed by atoms with Crippen molar-refractivity contribution in [1.29, 1.82) is 0 Å². The lowest BCUT2D eigenvalue weighted by atomic mass is 9.88. The van der Waals surface area contributed by atoms with Crippen molar-refractivity contribution in [3.63, 3.8) is 0 Å². The number of aromatic nitrogens is 3. The summed E-state index contributed by atoms with van der Waals surface area (Å²) in [6, 6.07) is 53.6. The molecule has 6 aromatic carbocycles. The van der Waals surface area contributed by atoms with Crippen LogP contribution in [0.4, 0.5) is 0 Å². The summed E-state index contributed by atoms with van der Waals surface area (Å²) in [4.78, 5) is 0. The molecule has 9 rings (SSSR count). The van der Waals surface area contributed by atoms with Gasteiger partial charge in [0.2, 0.25) is 11.8 Å². The van der Waals surface area contributed by atoms with Crippen molar-refractivity contribution in [1.82, 2.24) is 14.8 Å². The molecule has 0 fully saturated rings. The molecule has 0 atom stereocenters. The van der Waals surface area contributed by atoms with Gasteiger partial charge >= 0.3 is 0 Å². The minimum absolute atomic E-state index is 0.509. The molecule has 0 aliphatic heterocycles. The second-order valence-electron chi connectivity index (χ2n) is 13.3. The average molecular weight is 660 g/mol. The van der Waals surface area contributed by atoms with E-state index < -0.39 is 0 Å². The maximum absolute atomic E-state index is 6.04. The molecule has 0 N–H and O–H groups in total. The Balaban J connectivity index is 1.11. The van der Waals surface area contributed by atoms with Gasteiger partial charge in [0.1, 0.15) is 0 Å². The lowest BCUT2D eigenvalue weighted by Gasteiger charge is -2.17. The zero-order valence-electron chi connectivity index (χ0n) is 28.6. The van der Waals surface area contributed by atoms with Gasteiger partial charge < -0.3 is 8.98 Å². The van der Waals surface area contributed by atoms with Crippen molar-refractivity contribution < 1.29 is 4.42 Å². The first-order valence-electron chi connectivity index (χ1n) is 17.9. The number of para-hydroxylation sites is 1. The van der Waals surface area contributed by atoms with E-state index in [0.717, 1.165) is 36.0 Å². The van der Waals surface area contributed by atoms with Crippen molar-refractivity contribution in [2.75, 3.05) is 0 Å². The number of fused-ring (bicyclic) bond motifs is 3. The summed E-state index contributed by atoms with van der Waals surface area (Å²) in [7, 11) is 0. The van der Waals surface area contributed by atoms with Gasteiger partial charge in [-0.3, -0.25) is 0 Å². The molecule has 0 unspecified atom stereocenters. The van der Waals surface area contributed by atoms with E-state index in [-0.39, 0.29) is 0 Å². The standard InChI is InChI=1S/C47H37N3O/c1-2-13-32-22-28-44-42(30-32)43-31-36(27-29-45(43)50(44)37-16-7-4-8-17-37)39-19-10-12-21-41(39)40-20-11-9-18-38(40)33-23-25-35(26-24-33)47-49-48-46(51-47)34-14-5-3-6-15-34/h3-12,14-21,23-27,29-31H,2,13,22,28H2,1H3. The van der Waals surface area contributed by atoms with E-state index in [2.05, 4.69) is 149 Å². The van der Waals surface area contributed by atoms with Gasteiger partial charge in [0.25, 0.3) is 0 Å². The van der Waals surface area contributed by atoms with Crippen molar-refractivity contribution in [2.24, 2.45) is 0 Å². The number of hydrogen-bond donors (Lipinski definition) is 0. The Labute approximate surface area is 298 Å². The molecule has 51 heavy (non-hydrogen) atoms. The third-order valence-corrected chi connectivity index (χ3v) is 10.1. The number of hydrogen-bond acceptors (Lipinski definition) is 3. The number of rotatable bonds is 8. The summed E-state index contributed by atoms with van der Waals surface area (Å²) < 4.78 is 8.52. The monoisotopic (exact) mass is 659 g/mol. The molecule has 2 heterocycles. The number of nitrogens with zero attached hydrogens (tertiary/aromatic N) is 3. The fourth-order valence-electron chi connectivity index (χ4n) is 7.66. The lowest BCUT2D eigenvalue weighted by molar-refractivity contribution is 0.584. The molecule has 0 spiro atoms. The molecule has 2 aromatic heterocycles. The molecule has 8 aromatic rings. The second kappa shape index (κ2) is 13.2. The first-order chi connectivity index (χ1) is 25.2. The smallest absolute Gasteiger partial charge is 0.248 e. The molecule has 0 amide bonds.